The van der Waals surface area contributed by atoms with E-state index < -0.39 is 0 Å². The highest BCUT2D eigenvalue weighted by atomic mass is 16.2. The number of carbonyl (C=O) groups is 1. The quantitative estimate of drug-likeness (QED) is 0.716. The topological polar surface area (TPSA) is 67.2 Å². The fraction of sp³-hybridized carbons (Fsp3) is 0.300. The Bertz CT molecular complexity index is 966. The number of pyridine rings is 1. The van der Waals surface area contributed by atoms with E-state index in [1.165, 1.54) is 0 Å². The molecule has 7 nitrogen and oxygen atoms in total. The molecule has 0 radical (unpaired) electrons. The van der Waals surface area contributed by atoms with E-state index >= 15 is 0 Å². The number of anilines is 1. The zero-order valence-electron chi connectivity index (χ0n) is 15.7. The Labute approximate surface area is 158 Å². The van der Waals surface area contributed by atoms with E-state index in [-0.39, 0.29) is 11.9 Å². The average Bonchev–Trinajstić information content (AvgIpc) is 3.14. The van der Waals surface area contributed by atoms with Crippen molar-refractivity contribution in [3.8, 4) is 11.4 Å². The normalized spacial score (nSPS) is 16.1. The standard InChI is InChI=1S/C20H22N6O/c1-14-18-22-17(15-8-5-4-6-9-15)23-26(18)13-12-25(14)20(27)16-10-7-11-21-19(16)24(2)3/h4-11,14H,12-13H2,1-3H3/t14-/m0/s1. The minimum atomic E-state index is -0.161. The van der Waals surface area contributed by atoms with Gasteiger partial charge in [0.25, 0.3) is 5.91 Å². The van der Waals surface area contributed by atoms with Crippen molar-refractivity contribution in [1.29, 1.82) is 0 Å². The molecule has 138 valence electrons. The number of carbonyl (C=O) groups excluding carboxylic acids is 1. The van der Waals surface area contributed by atoms with Crippen LogP contribution in [0.4, 0.5) is 5.82 Å². The van der Waals surface area contributed by atoms with Gasteiger partial charge < -0.3 is 9.80 Å². The predicted octanol–water partition coefficient (Wildman–Crippen LogP) is 2.62. The number of fused-ring (bicyclic) bond motifs is 1. The van der Waals surface area contributed by atoms with E-state index in [0.29, 0.717) is 30.3 Å². The fourth-order valence-electron chi connectivity index (χ4n) is 3.43. The Hall–Kier alpha value is -3.22. The summed E-state index contributed by atoms with van der Waals surface area (Å²) in [6, 6.07) is 13.4. The second-order valence-corrected chi connectivity index (χ2v) is 6.83. The molecule has 1 aliphatic heterocycles. The monoisotopic (exact) mass is 362 g/mol. The number of rotatable bonds is 3. The molecule has 0 aliphatic carbocycles. The molecule has 3 heterocycles. The van der Waals surface area contributed by atoms with Crippen molar-refractivity contribution in [2.24, 2.45) is 0 Å². The van der Waals surface area contributed by atoms with Gasteiger partial charge in [0.1, 0.15) is 11.6 Å². The van der Waals surface area contributed by atoms with Crippen LogP contribution in [0.25, 0.3) is 11.4 Å². The van der Waals surface area contributed by atoms with Crippen molar-refractivity contribution in [1.82, 2.24) is 24.6 Å². The van der Waals surface area contributed by atoms with Gasteiger partial charge in [-0.15, -0.1) is 0 Å². The lowest BCUT2D eigenvalue weighted by Gasteiger charge is -2.33. The minimum Gasteiger partial charge on any atom is -0.362 e. The summed E-state index contributed by atoms with van der Waals surface area (Å²) >= 11 is 0. The third-order valence-corrected chi connectivity index (χ3v) is 4.83. The van der Waals surface area contributed by atoms with Crippen LogP contribution in [0.3, 0.4) is 0 Å². The maximum absolute atomic E-state index is 13.2. The summed E-state index contributed by atoms with van der Waals surface area (Å²) < 4.78 is 1.91. The number of nitrogens with zero attached hydrogens (tertiary/aromatic N) is 6. The second-order valence-electron chi connectivity index (χ2n) is 6.83. The highest BCUT2D eigenvalue weighted by molar-refractivity contribution is 5.99. The summed E-state index contributed by atoms with van der Waals surface area (Å²) in [6.45, 7) is 3.22. The van der Waals surface area contributed by atoms with E-state index in [2.05, 4.69) is 10.1 Å². The lowest BCUT2D eigenvalue weighted by molar-refractivity contribution is 0.0631. The summed E-state index contributed by atoms with van der Waals surface area (Å²) in [5.74, 6) is 2.15. The maximum Gasteiger partial charge on any atom is 0.258 e. The van der Waals surface area contributed by atoms with Gasteiger partial charge in [-0.3, -0.25) is 4.79 Å². The molecule has 1 amide bonds. The molecule has 0 unspecified atom stereocenters. The molecular weight excluding hydrogens is 340 g/mol. The van der Waals surface area contributed by atoms with Crippen molar-refractivity contribution >= 4 is 11.7 Å². The third kappa shape index (κ3) is 3.05. The van der Waals surface area contributed by atoms with Crippen LogP contribution in [0, 0.1) is 0 Å². The van der Waals surface area contributed by atoms with Gasteiger partial charge in [0.05, 0.1) is 18.2 Å². The van der Waals surface area contributed by atoms with Crippen molar-refractivity contribution in [3.05, 3.63) is 60.0 Å². The first-order valence-corrected chi connectivity index (χ1v) is 8.99. The lowest BCUT2D eigenvalue weighted by atomic mass is 10.1. The van der Waals surface area contributed by atoms with Crippen LogP contribution in [0.15, 0.2) is 48.7 Å². The van der Waals surface area contributed by atoms with E-state index in [4.69, 9.17) is 4.98 Å². The van der Waals surface area contributed by atoms with E-state index in [0.717, 1.165) is 11.4 Å². The second kappa shape index (κ2) is 6.83. The molecule has 1 atom stereocenters. The zero-order valence-corrected chi connectivity index (χ0v) is 15.7. The molecule has 2 aromatic heterocycles. The summed E-state index contributed by atoms with van der Waals surface area (Å²) in [4.78, 5) is 26.0. The van der Waals surface area contributed by atoms with Crippen molar-refractivity contribution in [3.63, 3.8) is 0 Å². The molecule has 0 saturated carbocycles. The molecule has 0 bridgehead atoms. The van der Waals surface area contributed by atoms with Crippen molar-refractivity contribution < 1.29 is 4.79 Å². The first-order valence-electron chi connectivity index (χ1n) is 8.99. The summed E-state index contributed by atoms with van der Waals surface area (Å²) in [5, 5.41) is 4.63. The maximum atomic E-state index is 13.2. The van der Waals surface area contributed by atoms with Crippen LogP contribution in [-0.2, 0) is 6.54 Å². The van der Waals surface area contributed by atoms with Gasteiger partial charge in [0.15, 0.2) is 5.82 Å². The number of hydrogen-bond donors (Lipinski definition) is 0. The van der Waals surface area contributed by atoms with Gasteiger partial charge in [-0.05, 0) is 19.1 Å². The Balaban J connectivity index is 1.65. The molecule has 27 heavy (non-hydrogen) atoms. The third-order valence-electron chi connectivity index (χ3n) is 4.83. The van der Waals surface area contributed by atoms with Gasteiger partial charge in [0, 0.05) is 32.4 Å². The van der Waals surface area contributed by atoms with E-state index in [1.807, 2.05) is 71.9 Å². The number of benzene rings is 1. The predicted molar refractivity (Wildman–Crippen MR) is 103 cm³/mol. The molecule has 1 aromatic carbocycles. The first-order chi connectivity index (χ1) is 13.1. The van der Waals surface area contributed by atoms with Crippen molar-refractivity contribution in [2.45, 2.75) is 19.5 Å². The number of amides is 1. The fourth-order valence-corrected chi connectivity index (χ4v) is 3.43. The summed E-state index contributed by atoms with van der Waals surface area (Å²) in [6.07, 6.45) is 1.70. The Morgan fingerprint density at radius 2 is 1.89 bits per heavy atom. The lowest BCUT2D eigenvalue weighted by Crippen LogP contribution is -2.42. The Kier molecular flexibility index (Phi) is 4.35. The van der Waals surface area contributed by atoms with Gasteiger partial charge >= 0.3 is 0 Å². The SMILES string of the molecule is C[C@H]1c2nc(-c3ccccc3)nn2CCN1C(=O)c1cccnc1N(C)C. The van der Waals surface area contributed by atoms with Crippen LogP contribution in [-0.4, -0.2) is 51.2 Å². The molecule has 3 aromatic rings. The highest BCUT2D eigenvalue weighted by Gasteiger charge is 2.32. The van der Waals surface area contributed by atoms with Crippen LogP contribution in [0.2, 0.25) is 0 Å². The smallest absolute Gasteiger partial charge is 0.258 e. The van der Waals surface area contributed by atoms with Gasteiger partial charge in [-0.25, -0.2) is 14.6 Å². The number of hydrogen-bond acceptors (Lipinski definition) is 5. The van der Waals surface area contributed by atoms with Gasteiger partial charge in [-0.2, -0.15) is 5.10 Å². The molecular formula is C20H22N6O. The largest absolute Gasteiger partial charge is 0.362 e. The highest BCUT2D eigenvalue weighted by Crippen LogP contribution is 2.29. The Morgan fingerprint density at radius 3 is 2.63 bits per heavy atom. The average molecular weight is 362 g/mol. The first kappa shape index (κ1) is 17.2. The molecule has 1 aliphatic rings. The summed E-state index contributed by atoms with van der Waals surface area (Å²) in [5.41, 5.74) is 1.58. The molecule has 4 rings (SSSR count). The van der Waals surface area contributed by atoms with Crippen LogP contribution in [0.1, 0.15) is 29.1 Å². The molecule has 0 saturated heterocycles. The van der Waals surface area contributed by atoms with Gasteiger partial charge in [0.2, 0.25) is 0 Å². The van der Waals surface area contributed by atoms with Crippen LogP contribution < -0.4 is 4.90 Å². The van der Waals surface area contributed by atoms with Crippen LogP contribution in [0.5, 0.6) is 0 Å². The minimum absolute atomic E-state index is 0.0326. The molecule has 0 spiro atoms. The van der Waals surface area contributed by atoms with E-state index in [1.54, 1.807) is 12.3 Å². The number of aromatic nitrogens is 4. The van der Waals surface area contributed by atoms with E-state index in [9.17, 15) is 4.79 Å². The zero-order chi connectivity index (χ0) is 19.0. The van der Waals surface area contributed by atoms with Gasteiger partial charge in [-0.1, -0.05) is 30.3 Å². The molecule has 0 fully saturated rings. The summed E-state index contributed by atoms with van der Waals surface area (Å²) in [7, 11) is 3.78. The van der Waals surface area contributed by atoms with Crippen LogP contribution >= 0.6 is 0 Å². The molecule has 7 heteroatoms. The molecule has 0 N–H and O–H groups in total. The Morgan fingerprint density at radius 1 is 1.11 bits per heavy atom. The van der Waals surface area contributed by atoms with Crippen molar-refractivity contribution in [2.75, 3.05) is 25.5 Å².